The van der Waals surface area contributed by atoms with Crippen LogP contribution in [0.3, 0.4) is 0 Å². The lowest BCUT2D eigenvalue weighted by Crippen LogP contribution is -2.22. The lowest BCUT2D eigenvalue weighted by atomic mass is 9.84. The predicted octanol–water partition coefficient (Wildman–Crippen LogP) is 2.17. The first-order valence-electron chi connectivity index (χ1n) is 5.11. The molecule has 14 heavy (non-hydrogen) atoms. The van der Waals surface area contributed by atoms with Gasteiger partial charge in [-0.05, 0) is 25.3 Å². The van der Waals surface area contributed by atoms with Crippen molar-refractivity contribution in [2.45, 2.75) is 39.0 Å². The lowest BCUT2D eigenvalue weighted by Gasteiger charge is -2.19. The summed E-state index contributed by atoms with van der Waals surface area (Å²) in [7, 11) is 0. The zero-order chi connectivity index (χ0) is 10.6. The third-order valence-electron chi connectivity index (χ3n) is 2.59. The minimum atomic E-state index is -0.792. The summed E-state index contributed by atoms with van der Waals surface area (Å²) < 4.78 is 0. The van der Waals surface area contributed by atoms with Gasteiger partial charge in [-0.2, -0.15) is 0 Å². The molecule has 1 unspecified atom stereocenters. The van der Waals surface area contributed by atoms with E-state index in [1.165, 1.54) is 6.08 Å². The van der Waals surface area contributed by atoms with Crippen LogP contribution in [0.4, 0.5) is 0 Å². The number of allylic oxidation sites excluding steroid dienone is 1. The molecule has 1 rings (SSSR count). The van der Waals surface area contributed by atoms with Crippen LogP contribution in [0.2, 0.25) is 0 Å². The molecule has 0 fully saturated rings. The van der Waals surface area contributed by atoms with E-state index in [4.69, 9.17) is 5.11 Å². The summed E-state index contributed by atoms with van der Waals surface area (Å²) in [4.78, 5) is 22.0. The standard InChI is InChI=1S/C11H16O3/c1-2-3-4-8-7-9(12)5-6-10(8)11(13)14/h7,10H,2-6H2,1H3,(H,13,14). The fourth-order valence-electron chi connectivity index (χ4n) is 1.76. The Labute approximate surface area is 83.8 Å². The number of hydrogen-bond acceptors (Lipinski definition) is 2. The zero-order valence-corrected chi connectivity index (χ0v) is 8.45. The quantitative estimate of drug-likeness (QED) is 0.749. The lowest BCUT2D eigenvalue weighted by molar-refractivity contribution is -0.141. The Bertz CT molecular complexity index is 266. The van der Waals surface area contributed by atoms with Gasteiger partial charge in [-0.1, -0.05) is 18.9 Å². The Kier molecular flexibility index (Phi) is 3.86. The molecule has 0 amide bonds. The number of carbonyl (C=O) groups excluding carboxylic acids is 1. The Balaban J connectivity index is 2.71. The fourth-order valence-corrected chi connectivity index (χ4v) is 1.76. The largest absolute Gasteiger partial charge is 0.481 e. The number of hydrogen-bond donors (Lipinski definition) is 1. The van der Waals surface area contributed by atoms with Crippen molar-refractivity contribution in [3.05, 3.63) is 11.6 Å². The molecule has 1 aliphatic carbocycles. The van der Waals surface area contributed by atoms with E-state index >= 15 is 0 Å². The van der Waals surface area contributed by atoms with Crippen molar-refractivity contribution in [1.29, 1.82) is 0 Å². The van der Waals surface area contributed by atoms with Gasteiger partial charge in [0.2, 0.25) is 0 Å². The molecule has 0 aromatic carbocycles. The predicted molar refractivity (Wildman–Crippen MR) is 53.0 cm³/mol. The van der Waals surface area contributed by atoms with Crippen molar-refractivity contribution in [3.63, 3.8) is 0 Å². The number of unbranched alkanes of at least 4 members (excludes halogenated alkanes) is 1. The van der Waals surface area contributed by atoms with E-state index in [0.29, 0.717) is 12.8 Å². The van der Waals surface area contributed by atoms with Gasteiger partial charge in [0.15, 0.2) is 5.78 Å². The van der Waals surface area contributed by atoms with Crippen LogP contribution >= 0.6 is 0 Å². The molecular weight excluding hydrogens is 180 g/mol. The molecule has 0 radical (unpaired) electrons. The van der Waals surface area contributed by atoms with E-state index < -0.39 is 11.9 Å². The molecule has 0 aromatic rings. The summed E-state index contributed by atoms with van der Waals surface area (Å²) >= 11 is 0. The summed E-state index contributed by atoms with van der Waals surface area (Å²) in [6.07, 6.45) is 5.13. The highest BCUT2D eigenvalue weighted by molar-refractivity contribution is 5.93. The van der Waals surface area contributed by atoms with Crippen molar-refractivity contribution in [3.8, 4) is 0 Å². The van der Waals surface area contributed by atoms with Gasteiger partial charge in [0.25, 0.3) is 0 Å². The van der Waals surface area contributed by atoms with Gasteiger partial charge in [0, 0.05) is 6.42 Å². The molecule has 0 spiro atoms. The van der Waals surface area contributed by atoms with E-state index in [9.17, 15) is 9.59 Å². The summed E-state index contributed by atoms with van der Waals surface area (Å²) in [6.45, 7) is 2.06. The van der Waals surface area contributed by atoms with Crippen molar-refractivity contribution < 1.29 is 14.7 Å². The molecule has 0 saturated carbocycles. The van der Waals surface area contributed by atoms with E-state index in [0.717, 1.165) is 24.8 Å². The maximum absolute atomic E-state index is 11.1. The number of ketones is 1. The van der Waals surface area contributed by atoms with Gasteiger partial charge in [0.1, 0.15) is 0 Å². The molecular formula is C11H16O3. The van der Waals surface area contributed by atoms with E-state index in [1.54, 1.807) is 0 Å². The van der Waals surface area contributed by atoms with Gasteiger partial charge in [0.05, 0.1) is 5.92 Å². The van der Waals surface area contributed by atoms with Crippen LogP contribution in [0.1, 0.15) is 39.0 Å². The Hall–Kier alpha value is -1.12. The van der Waals surface area contributed by atoms with Crippen LogP contribution < -0.4 is 0 Å². The van der Waals surface area contributed by atoms with Crippen molar-refractivity contribution in [2.24, 2.45) is 5.92 Å². The molecule has 78 valence electrons. The number of carboxylic acid groups (broad SMARTS) is 1. The fraction of sp³-hybridized carbons (Fsp3) is 0.636. The van der Waals surface area contributed by atoms with Gasteiger partial charge in [-0.3, -0.25) is 9.59 Å². The average Bonchev–Trinajstić information content (AvgIpc) is 2.14. The van der Waals surface area contributed by atoms with Gasteiger partial charge in [-0.15, -0.1) is 0 Å². The monoisotopic (exact) mass is 196 g/mol. The average molecular weight is 196 g/mol. The number of carboxylic acids is 1. The summed E-state index contributed by atoms with van der Waals surface area (Å²) in [5.74, 6) is -1.13. The topological polar surface area (TPSA) is 54.4 Å². The van der Waals surface area contributed by atoms with Crippen molar-refractivity contribution >= 4 is 11.8 Å². The minimum Gasteiger partial charge on any atom is -0.481 e. The smallest absolute Gasteiger partial charge is 0.310 e. The number of aliphatic carboxylic acids is 1. The molecule has 0 bridgehead atoms. The van der Waals surface area contributed by atoms with Crippen LogP contribution in [-0.4, -0.2) is 16.9 Å². The molecule has 0 aromatic heterocycles. The molecule has 1 aliphatic rings. The number of carbonyl (C=O) groups is 2. The molecule has 0 saturated heterocycles. The summed E-state index contributed by atoms with van der Waals surface area (Å²) in [5, 5.41) is 8.94. The van der Waals surface area contributed by atoms with Crippen LogP contribution in [-0.2, 0) is 9.59 Å². The Morgan fingerprint density at radius 2 is 2.36 bits per heavy atom. The zero-order valence-electron chi connectivity index (χ0n) is 8.45. The van der Waals surface area contributed by atoms with E-state index in [1.807, 2.05) is 0 Å². The number of rotatable bonds is 4. The molecule has 3 nitrogen and oxygen atoms in total. The highest BCUT2D eigenvalue weighted by Gasteiger charge is 2.26. The molecule has 3 heteroatoms. The second kappa shape index (κ2) is 4.94. The van der Waals surface area contributed by atoms with E-state index in [2.05, 4.69) is 6.92 Å². The first kappa shape index (κ1) is 11.0. The Morgan fingerprint density at radius 1 is 1.64 bits per heavy atom. The molecule has 0 aliphatic heterocycles. The molecule has 0 heterocycles. The first-order valence-corrected chi connectivity index (χ1v) is 5.11. The van der Waals surface area contributed by atoms with E-state index in [-0.39, 0.29) is 5.78 Å². The minimum absolute atomic E-state index is 0.0774. The highest BCUT2D eigenvalue weighted by atomic mass is 16.4. The SMILES string of the molecule is CCCCC1=CC(=O)CCC1C(=O)O. The van der Waals surface area contributed by atoms with Crippen molar-refractivity contribution in [2.75, 3.05) is 0 Å². The Morgan fingerprint density at radius 3 is 2.93 bits per heavy atom. The second-order valence-corrected chi connectivity index (χ2v) is 3.72. The van der Waals surface area contributed by atoms with Crippen LogP contribution in [0, 0.1) is 5.92 Å². The maximum atomic E-state index is 11.1. The van der Waals surface area contributed by atoms with Crippen molar-refractivity contribution in [1.82, 2.24) is 0 Å². The maximum Gasteiger partial charge on any atom is 0.310 e. The van der Waals surface area contributed by atoms with Crippen LogP contribution in [0.25, 0.3) is 0 Å². The third kappa shape index (κ3) is 2.69. The van der Waals surface area contributed by atoms with Gasteiger partial charge in [-0.25, -0.2) is 0 Å². The third-order valence-corrected chi connectivity index (χ3v) is 2.59. The van der Waals surface area contributed by atoms with Crippen LogP contribution in [0.5, 0.6) is 0 Å². The summed E-state index contributed by atoms with van der Waals surface area (Å²) in [6, 6.07) is 0. The first-order chi connectivity index (χ1) is 6.65. The normalized spacial score (nSPS) is 21.9. The van der Waals surface area contributed by atoms with Crippen LogP contribution in [0.15, 0.2) is 11.6 Å². The highest BCUT2D eigenvalue weighted by Crippen LogP contribution is 2.27. The second-order valence-electron chi connectivity index (χ2n) is 3.72. The summed E-state index contributed by atoms with van der Waals surface area (Å²) in [5.41, 5.74) is 0.815. The van der Waals surface area contributed by atoms with Gasteiger partial charge >= 0.3 is 5.97 Å². The molecule has 1 atom stereocenters. The molecule has 1 N–H and O–H groups in total. The van der Waals surface area contributed by atoms with Gasteiger partial charge < -0.3 is 5.11 Å².